The molecule has 59 heavy (non-hydrogen) atoms. The van der Waals surface area contributed by atoms with E-state index in [4.69, 9.17) is 5.26 Å². The molecule has 6 rings (SSSR count). The lowest BCUT2D eigenvalue weighted by Crippen LogP contribution is -2.42. The summed E-state index contributed by atoms with van der Waals surface area (Å²) in [6, 6.07) is 33.0. The summed E-state index contributed by atoms with van der Waals surface area (Å²) >= 11 is 0. The van der Waals surface area contributed by atoms with Gasteiger partial charge in [-0.15, -0.1) is 0 Å². The Morgan fingerprint density at radius 3 is 1.39 bits per heavy atom. The molecular formula is C44H58N6O6S3. The van der Waals surface area contributed by atoms with Gasteiger partial charge in [0, 0.05) is 55.8 Å². The van der Waals surface area contributed by atoms with Gasteiger partial charge < -0.3 is 9.80 Å². The minimum Gasteiger partial charge on any atom is -0.301 e. The lowest BCUT2D eigenvalue weighted by atomic mass is 9.93. The standard InChI is InChI=1S/C22H31N3O4S2.C22H27N3O2S/c1-5-25-14-21(22(15-25)24-31(28,29)16(2)3)18-11-9-17(10-12-18)19-7-6-8-20(13-19)23-30(4,26)27;1-4-25-14-21(22(15-25)24-28(26,27)16(2)3)20-11-9-19(10-12-20)18-7-5-17(13-23)6-8-18/h6-13,16,21-24H,5,14-15H2,1-4H3;5-12,16,21-22,24H,4,14-15H2,1-3H3/t;21-,22+/m.1/s1. The number of likely N-dealkylation sites (tertiary alicyclic amines) is 2. The summed E-state index contributed by atoms with van der Waals surface area (Å²) in [5.74, 6) is 0.198. The molecule has 0 saturated carbocycles. The van der Waals surface area contributed by atoms with Crippen LogP contribution < -0.4 is 14.2 Å². The number of hydrogen-bond donors (Lipinski definition) is 3. The molecule has 12 nitrogen and oxygen atoms in total. The van der Waals surface area contributed by atoms with E-state index < -0.39 is 40.6 Å². The summed E-state index contributed by atoms with van der Waals surface area (Å²) in [7, 11) is -10.0. The van der Waals surface area contributed by atoms with Crippen molar-refractivity contribution in [2.45, 2.75) is 76.0 Å². The average molecular weight is 863 g/mol. The molecule has 2 heterocycles. The van der Waals surface area contributed by atoms with Gasteiger partial charge >= 0.3 is 0 Å². The fourth-order valence-corrected chi connectivity index (χ4v) is 9.88. The molecule has 0 radical (unpaired) electrons. The number of hydrogen-bond acceptors (Lipinski definition) is 9. The number of likely N-dealkylation sites (N-methyl/N-ethyl adjacent to an activating group) is 2. The zero-order chi connectivity index (χ0) is 43.1. The van der Waals surface area contributed by atoms with Crippen LogP contribution in [0.1, 0.15) is 70.1 Å². The van der Waals surface area contributed by atoms with Gasteiger partial charge in [-0.25, -0.2) is 34.7 Å². The fourth-order valence-electron chi connectivity index (χ4n) is 7.45. The summed E-state index contributed by atoms with van der Waals surface area (Å²) in [6.45, 7) is 15.8. The van der Waals surface area contributed by atoms with E-state index in [1.54, 1.807) is 39.8 Å². The summed E-state index contributed by atoms with van der Waals surface area (Å²) in [5.41, 5.74) is 7.39. The Morgan fingerprint density at radius 2 is 1.02 bits per heavy atom. The SMILES string of the molecule is CCN1CC(NS(=O)(=O)C(C)C)C(c2ccc(-c3cccc(NS(C)(=O)=O)c3)cc2)C1.CCN1C[C@H](NS(=O)(=O)C(C)C)[C@@H](c2ccc(-c3ccc(C#N)cc3)cc2)C1. The molecule has 0 aliphatic carbocycles. The lowest BCUT2D eigenvalue weighted by Gasteiger charge is -2.22. The molecule has 4 atom stereocenters. The van der Waals surface area contributed by atoms with Gasteiger partial charge in [-0.2, -0.15) is 5.26 Å². The molecule has 2 unspecified atom stereocenters. The van der Waals surface area contributed by atoms with Crippen molar-refractivity contribution < 1.29 is 25.3 Å². The van der Waals surface area contributed by atoms with E-state index in [-0.39, 0.29) is 23.9 Å². The first-order chi connectivity index (χ1) is 27.8. The third kappa shape index (κ3) is 12.2. The van der Waals surface area contributed by atoms with E-state index in [1.807, 2.05) is 60.7 Å². The van der Waals surface area contributed by atoms with E-state index in [0.717, 1.165) is 72.4 Å². The van der Waals surface area contributed by atoms with E-state index in [1.165, 1.54) is 0 Å². The number of nitrogens with zero attached hydrogens (tertiary/aromatic N) is 3. The highest BCUT2D eigenvalue weighted by Gasteiger charge is 2.37. The van der Waals surface area contributed by atoms with Gasteiger partial charge in [0.25, 0.3) is 0 Å². The number of nitriles is 1. The minimum atomic E-state index is -3.36. The van der Waals surface area contributed by atoms with Crippen LogP contribution in [0.25, 0.3) is 22.3 Å². The maximum atomic E-state index is 12.4. The minimum absolute atomic E-state index is 0.0701. The van der Waals surface area contributed by atoms with Crippen LogP contribution in [-0.2, 0) is 30.1 Å². The lowest BCUT2D eigenvalue weighted by molar-refractivity contribution is 0.348. The molecule has 2 saturated heterocycles. The predicted molar refractivity (Wildman–Crippen MR) is 239 cm³/mol. The van der Waals surface area contributed by atoms with Crippen LogP contribution in [0.2, 0.25) is 0 Å². The third-order valence-electron chi connectivity index (χ3n) is 11.1. The Kier molecular flexibility index (Phi) is 15.2. The number of benzene rings is 4. The molecule has 2 fully saturated rings. The van der Waals surface area contributed by atoms with Gasteiger partial charge in [-0.05, 0) is 98.4 Å². The first kappa shape index (κ1) is 45.9. The van der Waals surface area contributed by atoms with Gasteiger partial charge in [-0.1, -0.05) is 86.6 Å². The van der Waals surface area contributed by atoms with Crippen LogP contribution >= 0.6 is 0 Å². The Bertz CT molecular complexity index is 2400. The van der Waals surface area contributed by atoms with Gasteiger partial charge in [0.05, 0.1) is 28.4 Å². The van der Waals surface area contributed by atoms with Crippen molar-refractivity contribution >= 4 is 35.8 Å². The van der Waals surface area contributed by atoms with Gasteiger partial charge in [0.1, 0.15) is 0 Å². The maximum Gasteiger partial charge on any atom is 0.229 e. The molecule has 0 amide bonds. The Balaban J connectivity index is 0.000000225. The second-order valence-corrected chi connectivity index (χ2v) is 22.2. The monoisotopic (exact) mass is 862 g/mol. The fraction of sp³-hybridized carbons (Fsp3) is 0.432. The summed E-state index contributed by atoms with van der Waals surface area (Å²) in [6.07, 6.45) is 1.12. The predicted octanol–water partition coefficient (Wildman–Crippen LogP) is 6.18. The summed E-state index contributed by atoms with van der Waals surface area (Å²) in [4.78, 5) is 4.54. The molecule has 0 aromatic heterocycles. The largest absolute Gasteiger partial charge is 0.301 e. The summed E-state index contributed by atoms with van der Waals surface area (Å²) in [5, 5.41) is 8.02. The van der Waals surface area contributed by atoms with Crippen LogP contribution in [0.3, 0.4) is 0 Å². The van der Waals surface area contributed by atoms with Crippen molar-refractivity contribution in [2.24, 2.45) is 0 Å². The highest BCUT2D eigenvalue weighted by molar-refractivity contribution is 7.92. The molecule has 0 bridgehead atoms. The third-order valence-corrected chi connectivity index (χ3v) is 15.4. The van der Waals surface area contributed by atoms with Gasteiger partial charge in [-0.3, -0.25) is 4.72 Å². The van der Waals surface area contributed by atoms with Crippen molar-refractivity contribution in [3.63, 3.8) is 0 Å². The van der Waals surface area contributed by atoms with Crippen LogP contribution in [0.5, 0.6) is 0 Å². The topological polar surface area (TPSA) is 169 Å². The van der Waals surface area contributed by atoms with Crippen molar-refractivity contribution in [1.82, 2.24) is 19.2 Å². The van der Waals surface area contributed by atoms with E-state index in [0.29, 0.717) is 17.8 Å². The van der Waals surface area contributed by atoms with Crippen LogP contribution in [0, 0.1) is 11.3 Å². The normalized spacial score (nSPS) is 20.3. The molecule has 2 aliphatic heterocycles. The molecule has 318 valence electrons. The van der Waals surface area contributed by atoms with Crippen LogP contribution in [0.4, 0.5) is 5.69 Å². The van der Waals surface area contributed by atoms with Crippen molar-refractivity contribution in [1.29, 1.82) is 5.26 Å². The quantitative estimate of drug-likeness (QED) is 0.134. The van der Waals surface area contributed by atoms with E-state index >= 15 is 0 Å². The molecule has 3 N–H and O–H groups in total. The molecule has 2 aliphatic rings. The van der Waals surface area contributed by atoms with Gasteiger partial charge in [0.15, 0.2) is 0 Å². The average Bonchev–Trinajstić information content (AvgIpc) is 3.80. The smallest absolute Gasteiger partial charge is 0.229 e. The first-order valence-electron chi connectivity index (χ1n) is 20.1. The Hall–Kier alpha value is -4.14. The van der Waals surface area contributed by atoms with E-state index in [9.17, 15) is 25.3 Å². The van der Waals surface area contributed by atoms with Crippen LogP contribution in [-0.4, -0.2) is 103 Å². The number of nitrogens with one attached hydrogen (secondary N) is 3. The molecular weight excluding hydrogens is 805 g/mol. The molecule has 0 spiro atoms. The first-order valence-corrected chi connectivity index (χ1v) is 25.1. The highest BCUT2D eigenvalue weighted by atomic mass is 32.2. The highest BCUT2D eigenvalue weighted by Crippen LogP contribution is 2.32. The van der Waals surface area contributed by atoms with E-state index in [2.05, 4.69) is 68.1 Å². The zero-order valence-corrected chi connectivity index (χ0v) is 37.4. The molecule has 15 heteroatoms. The maximum absolute atomic E-state index is 12.4. The number of rotatable bonds is 14. The number of sulfonamides is 3. The second kappa shape index (κ2) is 19.5. The van der Waals surface area contributed by atoms with Gasteiger partial charge in [0.2, 0.25) is 30.1 Å². The Labute approximate surface area is 352 Å². The van der Waals surface area contributed by atoms with Crippen molar-refractivity contribution in [3.05, 3.63) is 114 Å². The van der Waals surface area contributed by atoms with Crippen molar-refractivity contribution in [3.8, 4) is 28.3 Å². The summed E-state index contributed by atoms with van der Waals surface area (Å²) < 4.78 is 81.0. The van der Waals surface area contributed by atoms with Crippen molar-refractivity contribution in [2.75, 3.05) is 50.2 Å². The molecule has 4 aromatic rings. The second-order valence-electron chi connectivity index (χ2n) is 15.9. The number of anilines is 1. The Morgan fingerprint density at radius 1 is 0.610 bits per heavy atom. The zero-order valence-electron chi connectivity index (χ0n) is 35.0. The molecule has 4 aromatic carbocycles. The van der Waals surface area contributed by atoms with Crippen LogP contribution in [0.15, 0.2) is 97.1 Å².